The van der Waals surface area contributed by atoms with Gasteiger partial charge in [0.1, 0.15) is 6.23 Å². The average Bonchev–Trinajstić information content (AvgIpc) is 2.94. The predicted octanol–water partition coefficient (Wildman–Crippen LogP) is -0.242. The summed E-state index contributed by atoms with van der Waals surface area (Å²) in [7, 11) is 4.11. The highest BCUT2D eigenvalue weighted by atomic mass is 32.1. The Hall–Kier alpha value is -1.52. The van der Waals surface area contributed by atoms with Crippen molar-refractivity contribution in [3.8, 4) is 0 Å². The van der Waals surface area contributed by atoms with E-state index in [9.17, 15) is 9.59 Å². The van der Waals surface area contributed by atoms with Crippen molar-refractivity contribution in [3.05, 3.63) is 21.9 Å². The fraction of sp³-hybridized carbons (Fsp3) is 0.538. The Balaban J connectivity index is 0.000000225. The molecule has 1 aromatic heterocycles. The number of aliphatic carboxylic acids is 2. The van der Waals surface area contributed by atoms with E-state index in [1.807, 2.05) is 0 Å². The monoisotopic (exact) mass is 333 g/mol. The van der Waals surface area contributed by atoms with Crippen molar-refractivity contribution in [2.45, 2.75) is 24.9 Å². The summed E-state index contributed by atoms with van der Waals surface area (Å²) in [6, 6.07) is 2.21. The molecule has 0 saturated heterocycles. The van der Waals surface area contributed by atoms with E-state index in [0.29, 0.717) is 0 Å². The molecule has 0 bridgehead atoms. The van der Waals surface area contributed by atoms with Crippen LogP contribution in [0.2, 0.25) is 0 Å². The van der Waals surface area contributed by atoms with Crippen LogP contribution in [0.25, 0.3) is 0 Å². The number of hydrogen-bond acceptors (Lipinski definition) is 7. The minimum atomic E-state index is -2.27. The highest BCUT2D eigenvalue weighted by molar-refractivity contribution is 7.10. The van der Waals surface area contributed by atoms with Crippen LogP contribution in [0, 0.1) is 0 Å². The quantitative estimate of drug-likeness (QED) is 0.594. The molecular formula is C13H19NO7S. The van der Waals surface area contributed by atoms with Gasteiger partial charge in [-0.3, -0.25) is 4.90 Å². The van der Waals surface area contributed by atoms with Gasteiger partial charge in [-0.25, -0.2) is 9.59 Å². The lowest BCUT2D eigenvalue weighted by atomic mass is 10.1. The largest absolute Gasteiger partial charge is 0.479 e. The molecule has 4 N–H and O–H groups in total. The average molecular weight is 333 g/mol. The number of hydrogen-bond donors (Lipinski definition) is 4. The van der Waals surface area contributed by atoms with Crippen LogP contribution < -0.4 is 0 Å². The summed E-state index contributed by atoms with van der Waals surface area (Å²) in [6.07, 6.45) is -3.27. The van der Waals surface area contributed by atoms with Crippen LogP contribution in [0.5, 0.6) is 0 Å². The van der Waals surface area contributed by atoms with E-state index in [-0.39, 0.29) is 6.23 Å². The van der Waals surface area contributed by atoms with E-state index in [1.165, 1.54) is 10.4 Å². The Kier molecular flexibility index (Phi) is 6.91. The molecule has 0 aromatic carbocycles. The molecule has 124 valence electrons. The number of aliphatic hydroxyl groups excluding tert-OH is 2. The van der Waals surface area contributed by atoms with Crippen LogP contribution >= 0.6 is 11.3 Å². The van der Waals surface area contributed by atoms with Gasteiger partial charge in [0.2, 0.25) is 0 Å². The third kappa shape index (κ3) is 4.75. The standard InChI is InChI=1S/C9H13NOS.C4H6O6/c1-10(2)9-8-7(3-5-11-9)4-6-12-8;5-1(3(7)8)2(6)4(9)10/h4,6,9H,3,5H2,1-2H3;1-2,5-6H,(H,7,8)(H,9,10)/t9-;/m1./s1. The van der Waals surface area contributed by atoms with E-state index in [1.54, 1.807) is 11.3 Å². The van der Waals surface area contributed by atoms with E-state index in [0.717, 1.165) is 13.0 Å². The van der Waals surface area contributed by atoms with Gasteiger partial charge in [0.25, 0.3) is 0 Å². The topological polar surface area (TPSA) is 128 Å². The molecule has 8 nitrogen and oxygen atoms in total. The van der Waals surface area contributed by atoms with Crippen LogP contribution in [0.3, 0.4) is 0 Å². The second-order valence-corrected chi connectivity index (χ2v) is 5.76. The Bertz CT molecular complexity index is 498. The number of carboxylic acids is 2. The van der Waals surface area contributed by atoms with E-state index < -0.39 is 24.1 Å². The van der Waals surface area contributed by atoms with E-state index >= 15 is 0 Å². The first kappa shape index (κ1) is 18.5. The molecule has 22 heavy (non-hydrogen) atoms. The molecule has 9 heteroatoms. The van der Waals surface area contributed by atoms with E-state index in [4.69, 9.17) is 25.2 Å². The van der Waals surface area contributed by atoms with Gasteiger partial charge in [0.05, 0.1) is 11.5 Å². The van der Waals surface area contributed by atoms with Crippen molar-refractivity contribution in [1.82, 2.24) is 4.90 Å². The molecule has 2 rings (SSSR count). The molecule has 2 heterocycles. The second kappa shape index (κ2) is 8.20. The van der Waals surface area contributed by atoms with Crippen molar-refractivity contribution < 1.29 is 34.8 Å². The fourth-order valence-corrected chi connectivity index (χ4v) is 2.88. The summed E-state index contributed by atoms with van der Waals surface area (Å²) in [5.74, 6) is -3.54. The van der Waals surface area contributed by atoms with Crippen LogP contribution in [0.4, 0.5) is 0 Å². The molecule has 3 atom stereocenters. The molecule has 0 amide bonds. The number of nitrogens with zero attached hydrogens (tertiary/aromatic N) is 1. The molecule has 0 saturated carbocycles. The maximum atomic E-state index is 9.77. The van der Waals surface area contributed by atoms with Crippen LogP contribution in [0.15, 0.2) is 11.4 Å². The number of aliphatic hydroxyl groups is 2. The van der Waals surface area contributed by atoms with Crippen molar-refractivity contribution in [2.75, 3.05) is 20.7 Å². The summed E-state index contributed by atoms with van der Waals surface area (Å²) < 4.78 is 5.66. The zero-order chi connectivity index (χ0) is 16.9. The second-order valence-electron chi connectivity index (χ2n) is 4.81. The number of thiophene rings is 1. The first-order valence-corrected chi connectivity index (χ1v) is 7.29. The maximum Gasteiger partial charge on any atom is 0.335 e. The zero-order valence-corrected chi connectivity index (χ0v) is 13.0. The minimum Gasteiger partial charge on any atom is -0.479 e. The molecule has 1 aromatic rings. The third-order valence-electron chi connectivity index (χ3n) is 2.93. The van der Waals surface area contributed by atoms with Crippen LogP contribution in [0.1, 0.15) is 16.7 Å². The van der Waals surface area contributed by atoms with Gasteiger partial charge in [-0.05, 0) is 37.5 Å². The molecule has 0 aliphatic carbocycles. The molecule has 2 unspecified atom stereocenters. The lowest BCUT2D eigenvalue weighted by molar-refractivity contribution is -0.165. The number of rotatable bonds is 4. The first-order chi connectivity index (χ1) is 10.3. The Labute approximate surface area is 131 Å². The lowest BCUT2D eigenvalue weighted by Crippen LogP contribution is -2.39. The number of carbonyl (C=O) groups is 2. The van der Waals surface area contributed by atoms with Gasteiger partial charge in [-0.2, -0.15) is 0 Å². The van der Waals surface area contributed by atoms with Gasteiger partial charge in [-0.15, -0.1) is 11.3 Å². The lowest BCUT2D eigenvalue weighted by Gasteiger charge is -2.28. The van der Waals surface area contributed by atoms with Crippen molar-refractivity contribution in [1.29, 1.82) is 0 Å². The number of carboxylic acid groups (broad SMARTS) is 2. The molecule has 1 aliphatic heterocycles. The molecule has 1 aliphatic rings. The first-order valence-electron chi connectivity index (χ1n) is 6.41. The molecule has 0 spiro atoms. The highest BCUT2D eigenvalue weighted by Crippen LogP contribution is 2.32. The maximum absolute atomic E-state index is 9.77. The summed E-state index contributed by atoms with van der Waals surface area (Å²) in [5.41, 5.74) is 1.46. The highest BCUT2D eigenvalue weighted by Gasteiger charge is 2.29. The molecular weight excluding hydrogens is 314 g/mol. The van der Waals surface area contributed by atoms with Crippen LogP contribution in [-0.4, -0.2) is 70.2 Å². The van der Waals surface area contributed by atoms with Crippen molar-refractivity contribution >= 4 is 23.3 Å². The summed E-state index contributed by atoms with van der Waals surface area (Å²) in [6.45, 7) is 0.854. The van der Waals surface area contributed by atoms with Gasteiger partial charge >= 0.3 is 11.9 Å². The summed E-state index contributed by atoms with van der Waals surface area (Å²) in [4.78, 5) is 23.0. The van der Waals surface area contributed by atoms with Crippen molar-refractivity contribution in [3.63, 3.8) is 0 Å². The van der Waals surface area contributed by atoms with Gasteiger partial charge < -0.3 is 25.2 Å². The smallest absolute Gasteiger partial charge is 0.335 e. The molecule has 0 radical (unpaired) electrons. The van der Waals surface area contributed by atoms with Gasteiger partial charge in [0, 0.05) is 0 Å². The zero-order valence-electron chi connectivity index (χ0n) is 12.2. The fourth-order valence-electron chi connectivity index (χ4n) is 1.78. The summed E-state index contributed by atoms with van der Waals surface area (Å²) >= 11 is 1.80. The summed E-state index contributed by atoms with van der Waals surface area (Å²) in [5, 5.41) is 34.7. The van der Waals surface area contributed by atoms with Gasteiger partial charge in [0.15, 0.2) is 12.2 Å². The molecule has 0 fully saturated rings. The Morgan fingerprint density at radius 3 is 2.27 bits per heavy atom. The third-order valence-corrected chi connectivity index (χ3v) is 3.92. The minimum absolute atomic E-state index is 0.189. The van der Waals surface area contributed by atoms with E-state index in [2.05, 4.69) is 30.4 Å². The van der Waals surface area contributed by atoms with Crippen LogP contribution in [-0.2, 0) is 20.7 Å². The Morgan fingerprint density at radius 1 is 1.27 bits per heavy atom. The SMILES string of the molecule is CN(C)[C@@H]1OCCc2ccsc21.O=C(O)C(O)C(O)C(=O)O. The number of fused-ring (bicyclic) bond motifs is 1. The van der Waals surface area contributed by atoms with Crippen molar-refractivity contribution in [2.24, 2.45) is 0 Å². The predicted molar refractivity (Wildman–Crippen MR) is 77.7 cm³/mol. The normalized spacial score (nSPS) is 19.6. The van der Waals surface area contributed by atoms with Gasteiger partial charge in [-0.1, -0.05) is 0 Å². The Morgan fingerprint density at radius 2 is 1.82 bits per heavy atom. The number of ether oxygens (including phenoxy) is 1.